The van der Waals surface area contributed by atoms with Crippen molar-refractivity contribution in [3.8, 4) is 0 Å². The van der Waals surface area contributed by atoms with Gasteiger partial charge < -0.3 is 5.11 Å². The molecule has 3 heterocycles. The van der Waals surface area contributed by atoms with E-state index in [1.54, 1.807) is 36.5 Å². The fourth-order valence-corrected chi connectivity index (χ4v) is 5.41. The molecule has 7 heteroatoms. The highest BCUT2D eigenvalue weighted by molar-refractivity contribution is 7.22. The molecule has 1 unspecified atom stereocenters. The van der Waals surface area contributed by atoms with E-state index in [1.807, 2.05) is 31.2 Å². The van der Waals surface area contributed by atoms with Crippen molar-refractivity contribution >= 4 is 44.1 Å². The minimum Gasteiger partial charge on any atom is -0.507 e. The average Bonchev–Trinajstić information content (AvgIpc) is 3.41. The molecular weight excluding hydrogens is 470 g/mol. The fourth-order valence-electron chi connectivity index (χ4n) is 4.38. The molecule has 1 fully saturated rings. The number of rotatable bonds is 4. The number of aromatic nitrogens is 2. The van der Waals surface area contributed by atoms with E-state index in [9.17, 15) is 14.7 Å². The maximum atomic E-state index is 13.4. The van der Waals surface area contributed by atoms with Crippen molar-refractivity contribution in [3.05, 3.63) is 94.8 Å². The van der Waals surface area contributed by atoms with Gasteiger partial charge in [0.1, 0.15) is 11.8 Å². The Labute approximate surface area is 214 Å². The Morgan fingerprint density at radius 2 is 1.81 bits per heavy atom. The van der Waals surface area contributed by atoms with E-state index >= 15 is 0 Å². The second-order valence-corrected chi connectivity index (χ2v) is 10.9. The van der Waals surface area contributed by atoms with Gasteiger partial charge in [0, 0.05) is 11.8 Å². The number of anilines is 1. The molecule has 36 heavy (non-hydrogen) atoms. The first-order chi connectivity index (χ1) is 17.2. The quantitative estimate of drug-likeness (QED) is 0.207. The standard InChI is InChI=1S/C29H27N3O3S/c1-5-17-9-11-18(12-10-17)25(33)23-24(21-8-6-7-15-30-21)32(27(35)26(23)34)28-31-20-14-13-19(29(2,3)4)16-22(20)36-28/h6-16,24,33H,5H2,1-4H3/b25-23+. The average molecular weight is 498 g/mol. The van der Waals surface area contributed by atoms with Gasteiger partial charge >= 0.3 is 5.91 Å². The van der Waals surface area contributed by atoms with Crippen molar-refractivity contribution in [2.45, 2.75) is 45.6 Å². The molecule has 0 radical (unpaired) electrons. The van der Waals surface area contributed by atoms with Gasteiger partial charge in [-0.25, -0.2) is 4.98 Å². The van der Waals surface area contributed by atoms with Gasteiger partial charge in [0.05, 0.1) is 21.5 Å². The Balaban J connectivity index is 1.68. The Bertz CT molecular complexity index is 1500. The third kappa shape index (κ3) is 4.09. The van der Waals surface area contributed by atoms with E-state index < -0.39 is 17.7 Å². The predicted octanol–water partition coefficient (Wildman–Crippen LogP) is 6.18. The molecule has 2 aromatic carbocycles. The second-order valence-electron chi connectivity index (χ2n) is 9.90. The lowest BCUT2D eigenvalue weighted by Crippen LogP contribution is -2.29. The lowest BCUT2D eigenvalue weighted by Gasteiger charge is -2.22. The van der Waals surface area contributed by atoms with E-state index in [0.29, 0.717) is 16.4 Å². The molecule has 0 saturated carbocycles. The minimum atomic E-state index is -0.889. The summed E-state index contributed by atoms with van der Waals surface area (Å²) in [5.74, 6) is -1.70. The van der Waals surface area contributed by atoms with Crippen LogP contribution in [0.15, 0.2) is 72.4 Å². The zero-order valence-corrected chi connectivity index (χ0v) is 21.5. The van der Waals surface area contributed by atoms with E-state index in [0.717, 1.165) is 27.8 Å². The summed E-state index contributed by atoms with van der Waals surface area (Å²) in [6, 6.07) is 17.8. The fraction of sp³-hybridized carbons (Fsp3) is 0.241. The number of nitrogens with zero attached hydrogens (tertiary/aromatic N) is 3. The Kier molecular flexibility index (Phi) is 5.96. The summed E-state index contributed by atoms with van der Waals surface area (Å²) < 4.78 is 0.925. The van der Waals surface area contributed by atoms with Gasteiger partial charge in [0.2, 0.25) is 0 Å². The topological polar surface area (TPSA) is 83.4 Å². The number of aryl methyl sites for hydroxylation is 1. The van der Waals surface area contributed by atoms with Gasteiger partial charge in [-0.1, -0.05) is 75.4 Å². The first kappa shape index (κ1) is 23.9. The van der Waals surface area contributed by atoms with Crippen LogP contribution in [0.1, 0.15) is 56.1 Å². The largest absolute Gasteiger partial charge is 0.507 e. The number of hydrogen-bond donors (Lipinski definition) is 1. The molecule has 5 rings (SSSR count). The van der Waals surface area contributed by atoms with Crippen molar-refractivity contribution in [1.82, 2.24) is 9.97 Å². The van der Waals surface area contributed by atoms with Crippen LogP contribution >= 0.6 is 11.3 Å². The SMILES string of the molecule is CCc1ccc(/C(O)=C2\C(=O)C(=O)N(c3nc4ccc(C(C)(C)C)cc4s3)C2c2ccccn2)cc1. The first-order valence-corrected chi connectivity index (χ1v) is 12.7. The third-order valence-corrected chi connectivity index (χ3v) is 7.51. The van der Waals surface area contributed by atoms with E-state index in [-0.39, 0.29) is 16.7 Å². The first-order valence-electron chi connectivity index (χ1n) is 11.9. The summed E-state index contributed by atoms with van der Waals surface area (Å²) >= 11 is 1.35. The van der Waals surface area contributed by atoms with E-state index in [2.05, 4.69) is 31.8 Å². The molecule has 1 aliphatic heterocycles. The molecule has 1 amide bonds. The number of thiazole rings is 1. The van der Waals surface area contributed by atoms with Crippen molar-refractivity contribution in [1.29, 1.82) is 0 Å². The number of Topliss-reactive ketones (excluding diaryl/α,β-unsaturated/α-hetero) is 1. The highest BCUT2D eigenvalue weighted by Crippen LogP contribution is 2.44. The van der Waals surface area contributed by atoms with Gasteiger partial charge in [-0.3, -0.25) is 19.5 Å². The molecule has 1 atom stereocenters. The predicted molar refractivity (Wildman–Crippen MR) is 143 cm³/mol. The van der Waals surface area contributed by atoms with Crippen LogP contribution in [-0.2, 0) is 21.4 Å². The lowest BCUT2D eigenvalue weighted by molar-refractivity contribution is -0.132. The molecule has 0 aliphatic carbocycles. The number of aliphatic hydroxyl groups is 1. The number of benzene rings is 2. The molecule has 1 N–H and O–H groups in total. The van der Waals surface area contributed by atoms with Crippen LogP contribution in [0.25, 0.3) is 16.0 Å². The van der Waals surface area contributed by atoms with Crippen LogP contribution < -0.4 is 4.90 Å². The maximum Gasteiger partial charge on any atom is 0.301 e. The normalized spacial score (nSPS) is 17.8. The monoisotopic (exact) mass is 497 g/mol. The molecule has 6 nitrogen and oxygen atoms in total. The van der Waals surface area contributed by atoms with Crippen molar-refractivity contribution < 1.29 is 14.7 Å². The second kappa shape index (κ2) is 8.99. The third-order valence-electron chi connectivity index (χ3n) is 6.50. The number of ketones is 1. The molecule has 2 aromatic heterocycles. The molecule has 182 valence electrons. The summed E-state index contributed by atoms with van der Waals surface area (Å²) in [5, 5.41) is 11.7. The maximum absolute atomic E-state index is 13.4. The number of aliphatic hydroxyl groups excluding tert-OH is 1. The zero-order chi connectivity index (χ0) is 25.6. The van der Waals surface area contributed by atoms with Crippen LogP contribution in [0, 0.1) is 0 Å². The number of amides is 1. The van der Waals surface area contributed by atoms with Crippen molar-refractivity contribution in [3.63, 3.8) is 0 Å². The van der Waals surface area contributed by atoms with Crippen LogP contribution in [-0.4, -0.2) is 26.8 Å². The molecule has 4 aromatic rings. The Morgan fingerprint density at radius 1 is 1.06 bits per heavy atom. The zero-order valence-electron chi connectivity index (χ0n) is 20.6. The van der Waals surface area contributed by atoms with Crippen LogP contribution in [0.4, 0.5) is 5.13 Å². The number of hydrogen-bond acceptors (Lipinski definition) is 6. The summed E-state index contributed by atoms with van der Waals surface area (Å²) in [6.07, 6.45) is 2.47. The lowest BCUT2D eigenvalue weighted by atomic mass is 9.87. The highest BCUT2D eigenvalue weighted by atomic mass is 32.1. The van der Waals surface area contributed by atoms with Crippen LogP contribution in [0.2, 0.25) is 0 Å². The molecular formula is C29H27N3O3S. The summed E-state index contributed by atoms with van der Waals surface area (Å²) in [7, 11) is 0. The highest BCUT2D eigenvalue weighted by Gasteiger charge is 2.48. The number of carbonyl (C=O) groups excluding carboxylic acids is 2. The minimum absolute atomic E-state index is 0.0117. The Morgan fingerprint density at radius 3 is 2.44 bits per heavy atom. The van der Waals surface area contributed by atoms with Crippen LogP contribution in [0.5, 0.6) is 0 Å². The van der Waals surface area contributed by atoms with Crippen molar-refractivity contribution in [2.75, 3.05) is 4.90 Å². The van der Waals surface area contributed by atoms with Gasteiger partial charge in [-0.05, 0) is 47.2 Å². The molecule has 0 bridgehead atoms. The Hall–Kier alpha value is -3.84. The van der Waals surface area contributed by atoms with Crippen molar-refractivity contribution in [2.24, 2.45) is 0 Å². The summed E-state index contributed by atoms with van der Waals surface area (Å²) in [4.78, 5) is 37.3. The van der Waals surface area contributed by atoms with Gasteiger partial charge in [-0.15, -0.1) is 0 Å². The van der Waals surface area contributed by atoms with Gasteiger partial charge in [0.15, 0.2) is 5.13 Å². The van der Waals surface area contributed by atoms with E-state index in [1.165, 1.54) is 16.2 Å². The van der Waals surface area contributed by atoms with E-state index in [4.69, 9.17) is 4.98 Å². The molecule has 1 saturated heterocycles. The number of pyridine rings is 1. The summed E-state index contributed by atoms with van der Waals surface area (Å²) in [5.41, 5.74) is 3.95. The van der Waals surface area contributed by atoms with Crippen LogP contribution in [0.3, 0.4) is 0 Å². The molecule has 1 aliphatic rings. The molecule has 0 spiro atoms. The van der Waals surface area contributed by atoms with Gasteiger partial charge in [0.25, 0.3) is 5.78 Å². The number of fused-ring (bicyclic) bond motifs is 1. The summed E-state index contributed by atoms with van der Waals surface area (Å²) in [6.45, 7) is 8.47. The smallest absolute Gasteiger partial charge is 0.301 e. The van der Waals surface area contributed by atoms with Gasteiger partial charge in [-0.2, -0.15) is 0 Å². The number of carbonyl (C=O) groups is 2.